The fraction of sp³-hybridized carbons (Fsp3) is 0.533. The monoisotopic (exact) mass is 307 g/mol. The van der Waals surface area contributed by atoms with Crippen molar-refractivity contribution < 1.29 is 4.79 Å². The lowest BCUT2D eigenvalue weighted by atomic mass is 9.93. The first-order valence-electron chi connectivity index (χ1n) is 6.65. The van der Waals surface area contributed by atoms with Gasteiger partial charge in [-0.15, -0.1) is 0 Å². The van der Waals surface area contributed by atoms with Gasteiger partial charge in [-0.1, -0.05) is 6.07 Å². The van der Waals surface area contributed by atoms with Gasteiger partial charge < -0.3 is 4.90 Å². The molecule has 1 saturated carbocycles. The zero-order valence-corrected chi connectivity index (χ0v) is 12.3. The molecule has 1 amide bonds. The van der Waals surface area contributed by atoms with Gasteiger partial charge in [0, 0.05) is 17.6 Å². The molecule has 0 bridgehead atoms. The van der Waals surface area contributed by atoms with Gasteiger partial charge in [-0.05, 0) is 71.6 Å². The Morgan fingerprint density at radius 3 is 2.44 bits per heavy atom. The van der Waals surface area contributed by atoms with Crippen LogP contribution >= 0.6 is 15.9 Å². The van der Waals surface area contributed by atoms with Gasteiger partial charge in [0.2, 0.25) is 0 Å². The number of benzene rings is 1. The summed E-state index contributed by atoms with van der Waals surface area (Å²) in [4.78, 5) is 14.5. The second kappa shape index (κ2) is 4.37. The smallest absolute Gasteiger partial charge is 0.254 e. The highest BCUT2D eigenvalue weighted by atomic mass is 79.9. The molecule has 96 valence electrons. The standard InChI is InChI=1S/C15H18BrNO/c1-11-2-3-12(13(16)10-11)14(18)17-8-6-15(4-5-15)7-9-17/h2-3,10H,4-9H2,1H3. The van der Waals surface area contributed by atoms with Crippen molar-refractivity contribution in [1.29, 1.82) is 0 Å². The third kappa shape index (κ3) is 2.20. The van der Waals surface area contributed by atoms with Crippen LogP contribution in [0.25, 0.3) is 0 Å². The maximum absolute atomic E-state index is 12.5. The summed E-state index contributed by atoms with van der Waals surface area (Å²) >= 11 is 3.50. The van der Waals surface area contributed by atoms with E-state index >= 15 is 0 Å². The minimum absolute atomic E-state index is 0.178. The highest BCUT2D eigenvalue weighted by molar-refractivity contribution is 9.10. The third-order valence-electron chi connectivity index (χ3n) is 4.42. The molecule has 2 fully saturated rings. The van der Waals surface area contributed by atoms with Crippen molar-refractivity contribution in [3.63, 3.8) is 0 Å². The number of hydrogen-bond donors (Lipinski definition) is 0. The lowest BCUT2D eigenvalue weighted by Crippen LogP contribution is -2.39. The van der Waals surface area contributed by atoms with Crippen LogP contribution in [0.3, 0.4) is 0 Å². The Bertz CT molecular complexity index is 483. The molecule has 3 rings (SSSR count). The van der Waals surface area contributed by atoms with Crippen LogP contribution in [0.2, 0.25) is 0 Å². The van der Waals surface area contributed by atoms with Crippen molar-refractivity contribution in [3.8, 4) is 0 Å². The summed E-state index contributed by atoms with van der Waals surface area (Å²) in [6.45, 7) is 3.90. The van der Waals surface area contributed by atoms with Crippen LogP contribution in [-0.2, 0) is 0 Å². The van der Waals surface area contributed by atoms with Crippen LogP contribution in [0.1, 0.15) is 41.6 Å². The second-order valence-corrected chi connectivity index (χ2v) is 6.63. The number of amides is 1. The van der Waals surface area contributed by atoms with Crippen molar-refractivity contribution in [2.45, 2.75) is 32.6 Å². The van der Waals surface area contributed by atoms with Gasteiger partial charge in [0.15, 0.2) is 0 Å². The quantitative estimate of drug-likeness (QED) is 0.773. The summed E-state index contributed by atoms with van der Waals surface area (Å²) in [6.07, 6.45) is 5.15. The van der Waals surface area contributed by atoms with E-state index in [0.29, 0.717) is 5.41 Å². The number of carbonyl (C=O) groups is 1. The first-order valence-corrected chi connectivity index (χ1v) is 7.44. The van der Waals surface area contributed by atoms with Crippen LogP contribution in [0, 0.1) is 12.3 Å². The number of likely N-dealkylation sites (tertiary alicyclic amines) is 1. The largest absolute Gasteiger partial charge is 0.339 e. The third-order valence-corrected chi connectivity index (χ3v) is 5.08. The number of halogens is 1. The van der Waals surface area contributed by atoms with Crippen molar-refractivity contribution in [2.24, 2.45) is 5.41 Å². The zero-order valence-electron chi connectivity index (χ0n) is 10.7. The molecule has 0 unspecified atom stereocenters. The maximum Gasteiger partial charge on any atom is 0.254 e. The van der Waals surface area contributed by atoms with Crippen molar-refractivity contribution >= 4 is 21.8 Å². The minimum Gasteiger partial charge on any atom is -0.339 e. The van der Waals surface area contributed by atoms with Gasteiger partial charge >= 0.3 is 0 Å². The molecule has 1 aliphatic heterocycles. The highest BCUT2D eigenvalue weighted by Crippen LogP contribution is 2.53. The number of hydrogen-bond acceptors (Lipinski definition) is 1. The Balaban J connectivity index is 1.74. The Hall–Kier alpha value is -0.830. The van der Waals surface area contributed by atoms with E-state index in [9.17, 15) is 4.79 Å². The normalized spacial score (nSPS) is 21.1. The molecular formula is C15H18BrNO. The number of carbonyl (C=O) groups excluding carboxylic acids is 1. The van der Waals surface area contributed by atoms with E-state index in [0.717, 1.165) is 23.1 Å². The van der Waals surface area contributed by atoms with Crippen molar-refractivity contribution in [3.05, 3.63) is 33.8 Å². The molecule has 2 aliphatic rings. The van der Waals surface area contributed by atoms with Gasteiger partial charge in [-0.2, -0.15) is 0 Å². The SMILES string of the molecule is Cc1ccc(C(=O)N2CCC3(CC2)CC3)c(Br)c1. The van der Waals surface area contributed by atoms with E-state index < -0.39 is 0 Å². The summed E-state index contributed by atoms with van der Waals surface area (Å²) in [5, 5.41) is 0. The maximum atomic E-state index is 12.5. The topological polar surface area (TPSA) is 20.3 Å². The van der Waals surface area contributed by atoms with Gasteiger partial charge in [0.25, 0.3) is 5.91 Å². The number of nitrogens with zero attached hydrogens (tertiary/aromatic N) is 1. The Kier molecular flexibility index (Phi) is 2.97. The number of rotatable bonds is 1. The second-order valence-electron chi connectivity index (χ2n) is 5.78. The number of aryl methyl sites for hydroxylation is 1. The summed E-state index contributed by atoms with van der Waals surface area (Å²) in [5.41, 5.74) is 2.60. The Morgan fingerprint density at radius 1 is 1.22 bits per heavy atom. The lowest BCUT2D eigenvalue weighted by molar-refractivity contribution is 0.0677. The fourth-order valence-corrected chi connectivity index (χ4v) is 3.49. The molecule has 3 heteroatoms. The average molecular weight is 308 g/mol. The van der Waals surface area contributed by atoms with Gasteiger partial charge in [0.05, 0.1) is 5.56 Å². The van der Waals surface area contributed by atoms with E-state index in [4.69, 9.17) is 0 Å². The molecule has 0 radical (unpaired) electrons. The van der Waals surface area contributed by atoms with Crippen LogP contribution in [0.4, 0.5) is 0 Å². The molecule has 0 atom stereocenters. The molecule has 1 spiro atoms. The number of piperidine rings is 1. The summed E-state index contributed by atoms with van der Waals surface area (Å²) < 4.78 is 0.916. The fourth-order valence-electron chi connectivity index (χ4n) is 2.82. The molecule has 0 aromatic heterocycles. The summed E-state index contributed by atoms with van der Waals surface area (Å²) in [5.74, 6) is 0.178. The van der Waals surface area contributed by atoms with Crippen LogP contribution in [0.15, 0.2) is 22.7 Å². The van der Waals surface area contributed by atoms with Crippen molar-refractivity contribution in [1.82, 2.24) is 4.90 Å². The predicted molar refractivity (Wildman–Crippen MR) is 75.7 cm³/mol. The molecule has 18 heavy (non-hydrogen) atoms. The zero-order chi connectivity index (χ0) is 12.8. The average Bonchev–Trinajstić information content (AvgIpc) is 3.09. The Morgan fingerprint density at radius 2 is 1.89 bits per heavy atom. The molecule has 1 aromatic carbocycles. The van der Waals surface area contributed by atoms with E-state index in [1.54, 1.807) is 0 Å². The summed E-state index contributed by atoms with van der Waals surface area (Å²) in [6, 6.07) is 5.95. The van der Waals surface area contributed by atoms with Gasteiger partial charge in [-0.25, -0.2) is 0 Å². The first kappa shape index (κ1) is 12.2. The highest BCUT2D eigenvalue weighted by Gasteiger charge is 2.45. The van der Waals surface area contributed by atoms with Crippen LogP contribution in [0.5, 0.6) is 0 Å². The van der Waals surface area contributed by atoms with E-state index in [2.05, 4.69) is 15.9 Å². The molecule has 1 aliphatic carbocycles. The van der Waals surface area contributed by atoms with E-state index in [1.165, 1.54) is 31.2 Å². The minimum atomic E-state index is 0.178. The Labute approximate surface area is 116 Å². The molecule has 2 nitrogen and oxygen atoms in total. The van der Waals surface area contributed by atoms with Gasteiger partial charge in [0.1, 0.15) is 0 Å². The molecule has 1 heterocycles. The lowest BCUT2D eigenvalue weighted by Gasteiger charge is -2.32. The van der Waals surface area contributed by atoms with Crippen molar-refractivity contribution in [2.75, 3.05) is 13.1 Å². The predicted octanol–water partition coefficient (Wildman–Crippen LogP) is 3.77. The van der Waals surface area contributed by atoms with E-state index in [-0.39, 0.29) is 5.91 Å². The van der Waals surface area contributed by atoms with Crippen LogP contribution in [-0.4, -0.2) is 23.9 Å². The molecule has 1 aromatic rings. The first-order chi connectivity index (χ1) is 8.60. The van der Waals surface area contributed by atoms with Gasteiger partial charge in [-0.3, -0.25) is 4.79 Å². The summed E-state index contributed by atoms with van der Waals surface area (Å²) in [7, 11) is 0. The van der Waals surface area contributed by atoms with E-state index in [1.807, 2.05) is 30.0 Å². The molecule has 0 N–H and O–H groups in total. The van der Waals surface area contributed by atoms with Crippen LogP contribution < -0.4 is 0 Å². The molecule has 1 saturated heterocycles. The molecular weight excluding hydrogens is 290 g/mol.